The molecule has 1 aromatic rings. The van der Waals surface area contributed by atoms with Gasteiger partial charge >= 0.3 is 6.03 Å². The fourth-order valence-corrected chi connectivity index (χ4v) is 3.49. The minimum absolute atomic E-state index is 0.0225. The van der Waals surface area contributed by atoms with Gasteiger partial charge in [0.1, 0.15) is 11.9 Å². The number of morpholine rings is 1. The van der Waals surface area contributed by atoms with Crippen LogP contribution in [0.1, 0.15) is 44.5 Å². The van der Waals surface area contributed by atoms with Crippen LogP contribution in [0.4, 0.5) is 4.79 Å². The molecule has 1 aromatic heterocycles. The fraction of sp³-hybridized carbons (Fsp3) is 0.706. The number of carbonyl (C=O) groups excluding carboxylic acids is 2. The molecule has 3 heterocycles. The number of imidazole rings is 1. The van der Waals surface area contributed by atoms with Crippen molar-refractivity contribution >= 4 is 11.9 Å². The number of nitrogens with one attached hydrogen (secondary N) is 2. The summed E-state index contributed by atoms with van der Waals surface area (Å²) in [6, 6.07) is -0.737. The first-order valence-electron chi connectivity index (χ1n) is 9.13. The van der Waals surface area contributed by atoms with Crippen molar-refractivity contribution in [3.8, 4) is 0 Å². The number of aromatic nitrogens is 2. The van der Waals surface area contributed by atoms with Crippen LogP contribution in [0.15, 0.2) is 12.4 Å². The van der Waals surface area contributed by atoms with E-state index in [2.05, 4.69) is 15.3 Å². The Hall–Kier alpha value is -2.09. The molecule has 2 saturated heterocycles. The maximum Gasteiger partial charge on any atom is 0.318 e. The predicted molar refractivity (Wildman–Crippen MR) is 91.9 cm³/mol. The Morgan fingerprint density at radius 2 is 2.16 bits per heavy atom. The van der Waals surface area contributed by atoms with Gasteiger partial charge in [-0.2, -0.15) is 0 Å². The summed E-state index contributed by atoms with van der Waals surface area (Å²) in [5.74, 6) is 0.785. The fourth-order valence-electron chi connectivity index (χ4n) is 3.49. The quantitative estimate of drug-likeness (QED) is 0.857. The molecule has 8 heteroatoms. The molecule has 138 valence electrons. The van der Waals surface area contributed by atoms with E-state index in [0.29, 0.717) is 39.3 Å². The third-order valence-corrected chi connectivity index (χ3v) is 4.93. The molecule has 2 aliphatic rings. The van der Waals surface area contributed by atoms with Gasteiger partial charge in [-0.1, -0.05) is 6.92 Å². The van der Waals surface area contributed by atoms with Gasteiger partial charge in [-0.15, -0.1) is 0 Å². The molecule has 0 bridgehead atoms. The highest BCUT2D eigenvalue weighted by Gasteiger charge is 2.32. The summed E-state index contributed by atoms with van der Waals surface area (Å²) < 4.78 is 5.30. The molecule has 0 spiro atoms. The van der Waals surface area contributed by atoms with Gasteiger partial charge in [0.05, 0.1) is 19.3 Å². The maximum absolute atomic E-state index is 12.8. The molecule has 2 fully saturated rings. The van der Waals surface area contributed by atoms with E-state index in [1.807, 2.05) is 6.92 Å². The van der Waals surface area contributed by atoms with Gasteiger partial charge in [0.2, 0.25) is 5.91 Å². The van der Waals surface area contributed by atoms with Crippen LogP contribution in [0.2, 0.25) is 0 Å². The number of ether oxygens (including phenoxy) is 1. The number of amides is 3. The van der Waals surface area contributed by atoms with Gasteiger partial charge in [0, 0.05) is 32.0 Å². The number of rotatable bonds is 4. The van der Waals surface area contributed by atoms with Gasteiger partial charge in [-0.3, -0.25) is 4.79 Å². The number of aromatic amines is 1. The Morgan fingerprint density at radius 3 is 2.84 bits per heavy atom. The lowest BCUT2D eigenvalue weighted by molar-refractivity contribution is -0.137. The highest BCUT2D eigenvalue weighted by Crippen LogP contribution is 2.28. The molecule has 0 radical (unpaired) electrons. The topological polar surface area (TPSA) is 90.6 Å². The van der Waals surface area contributed by atoms with Crippen LogP contribution in [0.3, 0.4) is 0 Å². The van der Waals surface area contributed by atoms with E-state index >= 15 is 0 Å². The molecule has 0 aromatic carbocycles. The Balaban J connectivity index is 1.64. The molecule has 2 atom stereocenters. The van der Waals surface area contributed by atoms with E-state index in [-0.39, 0.29) is 18.0 Å². The van der Waals surface area contributed by atoms with Crippen molar-refractivity contribution in [2.24, 2.45) is 0 Å². The first-order chi connectivity index (χ1) is 12.2. The summed E-state index contributed by atoms with van der Waals surface area (Å²) in [6.45, 7) is 4.89. The second kappa shape index (κ2) is 8.33. The molecular formula is C17H27N5O3. The third-order valence-electron chi connectivity index (χ3n) is 4.93. The van der Waals surface area contributed by atoms with Crippen LogP contribution in [-0.2, 0) is 9.53 Å². The van der Waals surface area contributed by atoms with Crippen LogP contribution < -0.4 is 5.32 Å². The van der Waals surface area contributed by atoms with E-state index in [9.17, 15) is 9.59 Å². The van der Waals surface area contributed by atoms with Crippen LogP contribution in [0, 0.1) is 0 Å². The van der Waals surface area contributed by atoms with Crippen molar-refractivity contribution in [2.75, 3.05) is 32.8 Å². The Morgan fingerprint density at radius 1 is 1.36 bits per heavy atom. The SMILES string of the molecule is CC[C@@H](NC(=O)N1CCCC[C@@H]1c1ncc[nH]1)C(=O)N1CCOCC1. The molecule has 8 nitrogen and oxygen atoms in total. The number of H-pyrrole nitrogens is 1. The summed E-state index contributed by atoms with van der Waals surface area (Å²) in [4.78, 5) is 36.5. The van der Waals surface area contributed by atoms with Crippen molar-refractivity contribution in [1.82, 2.24) is 25.1 Å². The molecule has 0 unspecified atom stereocenters. The lowest BCUT2D eigenvalue weighted by atomic mass is 10.0. The molecule has 3 amide bonds. The van der Waals surface area contributed by atoms with Gasteiger partial charge in [-0.25, -0.2) is 9.78 Å². The van der Waals surface area contributed by atoms with Crippen LogP contribution in [0.5, 0.6) is 0 Å². The van der Waals surface area contributed by atoms with Crippen LogP contribution in [0.25, 0.3) is 0 Å². The molecule has 25 heavy (non-hydrogen) atoms. The highest BCUT2D eigenvalue weighted by molar-refractivity contribution is 5.87. The minimum atomic E-state index is -0.496. The molecule has 0 saturated carbocycles. The average molecular weight is 349 g/mol. The lowest BCUT2D eigenvalue weighted by Crippen LogP contribution is -2.55. The summed E-state index contributed by atoms with van der Waals surface area (Å²) in [7, 11) is 0. The summed E-state index contributed by atoms with van der Waals surface area (Å²) in [5, 5.41) is 2.94. The Bertz CT molecular complexity index is 571. The molecule has 0 aliphatic carbocycles. The van der Waals surface area contributed by atoms with Gasteiger partial charge < -0.3 is 24.8 Å². The van der Waals surface area contributed by atoms with E-state index in [0.717, 1.165) is 25.1 Å². The first kappa shape index (κ1) is 17.7. The van der Waals surface area contributed by atoms with Crippen LogP contribution in [-0.4, -0.2) is 70.6 Å². The van der Waals surface area contributed by atoms with E-state index in [1.54, 1.807) is 22.2 Å². The Labute approximate surface area is 147 Å². The van der Waals surface area contributed by atoms with Gasteiger partial charge in [0.15, 0.2) is 0 Å². The van der Waals surface area contributed by atoms with Crippen molar-refractivity contribution in [2.45, 2.75) is 44.7 Å². The standard InChI is InChI=1S/C17H27N5O3/c1-2-13(16(23)21-9-11-25-12-10-21)20-17(24)22-8-4-3-5-14(22)15-18-6-7-19-15/h6-7,13-14H,2-5,8-12H2,1H3,(H,18,19)(H,20,24)/t13-,14-/m1/s1. The number of likely N-dealkylation sites (tertiary alicyclic amines) is 1. The maximum atomic E-state index is 12.8. The van der Waals surface area contributed by atoms with E-state index in [4.69, 9.17) is 4.74 Å². The monoisotopic (exact) mass is 349 g/mol. The zero-order valence-electron chi connectivity index (χ0n) is 14.7. The van der Waals surface area contributed by atoms with Gasteiger partial charge in [0.25, 0.3) is 0 Å². The number of piperidine rings is 1. The van der Waals surface area contributed by atoms with Crippen molar-refractivity contribution in [3.63, 3.8) is 0 Å². The molecule has 2 N–H and O–H groups in total. The van der Waals surface area contributed by atoms with Crippen molar-refractivity contribution in [1.29, 1.82) is 0 Å². The molecule has 3 rings (SSSR count). The molecule has 2 aliphatic heterocycles. The van der Waals surface area contributed by atoms with Crippen LogP contribution >= 0.6 is 0 Å². The predicted octanol–water partition coefficient (Wildman–Crippen LogP) is 1.28. The minimum Gasteiger partial charge on any atom is -0.378 e. The average Bonchev–Trinajstić information content (AvgIpc) is 3.20. The number of urea groups is 1. The largest absolute Gasteiger partial charge is 0.378 e. The highest BCUT2D eigenvalue weighted by atomic mass is 16.5. The molecular weight excluding hydrogens is 322 g/mol. The summed E-state index contributed by atoms with van der Waals surface area (Å²) in [5.41, 5.74) is 0. The second-order valence-corrected chi connectivity index (χ2v) is 6.53. The van der Waals surface area contributed by atoms with E-state index < -0.39 is 6.04 Å². The number of hydrogen-bond donors (Lipinski definition) is 2. The van der Waals surface area contributed by atoms with Gasteiger partial charge in [-0.05, 0) is 25.7 Å². The smallest absolute Gasteiger partial charge is 0.318 e. The third kappa shape index (κ3) is 4.12. The normalized spacial score (nSPS) is 22.5. The lowest BCUT2D eigenvalue weighted by Gasteiger charge is -2.36. The van der Waals surface area contributed by atoms with Crippen molar-refractivity contribution in [3.05, 3.63) is 18.2 Å². The summed E-state index contributed by atoms with van der Waals surface area (Å²) >= 11 is 0. The van der Waals surface area contributed by atoms with Crippen molar-refractivity contribution < 1.29 is 14.3 Å². The number of nitrogens with zero attached hydrogens (tertiary/aromatic N) is 3. The number of carbonyl (C=O) groups is 2. The summed E-state index contributed by atoms with van der Waals surface area (Å²) in [6.07, 6.45) is 6.97. The zero-order chi connectivity index (χ0) is 17.6. The first-order valence-corrected chi connectivity index (χ1v) is 9.13. The Kier molecular flexibility index (Phi) is 5.91. The number of hydrogen-bond acceptors (Lipinski definition) is 4. The zero-order valence-corrected chi connectivity index (χ0v) is 14.7. The second-order valence-electron chi connectivity index (χ2n) is 6.53. The van der Waals surface area contributed by atoms with E-state index in [1.165, 1.54) is 0 Å².